The summed E-state index contributed by atoms with van der Waals surface area (Å²) in [6.45, 7) is 4.30. The molecule has 0 aromatic carbocycles. The van der Waals surface area contributed by atoms with Crippen LogP contribution >= 0.6 is 30.5 Å². The summed E-state index contributed by atoms with van der Waals surface area (Å²) in [5.74, 6) is 0. The molecule has 0 radical (unpaired) electrons. The predicted molar refractivity (Wildman–Crippen MR) is 61.7 cm³/mol. The second-order valence-electron chi connectivity index (χ2n) is 2.68. The summed E-state index contributed by atoms with van der Waals surface area (Å²) < 4.78 is 22.8. The Morgan fingerprint density at radius 1 is 1.47 bits per heavy atom. The van der Waals surface area contributed by atoms with E-state index in [0.29, 0.717) is 17.7 Å². The lowest BCUT2D eigenvalue weighted by molar-refractivity contribution is 0.219. The molecule has 7 heteroatoms. The average Bonchev–Trinajstić information content (AvgIpc) is 2.51. The molecule has 86 valence electrons. The fourth-order valence-electron chi connectivity index (χ4n) is 1.07. The Bertz CT molecular complexity index is 347. The van der Waals surface area contributed by atoms with Gasteiger partial charge in [-0.05, 0) is 13.8 Å². The zero-order valence-corrected chi connectivity index (χ0v) is 11.1. The largest absolute Gasteiger partial charge is 0.335 e. The molecule has 0 bridgehead atoms. The molecule has 0 spiro atoms. The van der Waals surface area contributed by atoms with Crippen molar-refractivity contribution in [3.63, 3.8) is 0 Å². The molecule has 1 heterocycles. The van der Waals surface area contributed by atoms with E-state index >= 15 is 0 Å². The monoisotopic (exact) mass is 269 g/mol. The van der Waals surface area contributed by atoms with Crippen LogP contribution in [0.3, 0.4) is 0 Å². The first kappa shape index (κ1) is 13.1. The third kappa shape index (κ3) is 4.21. The Morgan fingerprint density at radius 3 is 2.47 bits per heavy atom. The van der Waals surface area contributed by atoms with Gasteiger partial charge in [0.25, 0.3) is 0 Å². The summed E-state index contributed by atoms with van der Waals surface area (Å²) in [4.78, 5) is 4.68. The van der Waals surface area contributed by atoms with Gasteiger partial charge in [0.05, 0.1) is 19.4 Å². The summed E-state index contributed by atoms with van der Waals surface area (Å²) in [6, 6.07) is 0. The van der Waals surface area contributed by atoms with Crippen LogP contribution in [0.4, 0.5) is 0 Å². The fraction of sp³-hybridized carbons (Fsp3) is 0.625. The summed E-state index contributed by atoms with van der Waals surface area (Å²) in [6.07, 6.45) is 1.83. The van der Waals surface area contributed by atoms with E-state index in [1.54, 1.807) is 20.0 Å². The van der Waals surface area contributed by atoms with Crippen LogP contribution in [0, 0.1) is 0 Å². The molecule has 0 aliphatic heterocycles. The molecule has 0 saturated heterocycles. The van der Waals surface area contributed by atoms with Gasteiger partial charge in [-0.3, -0.25) is 4.57 Å². The molecular weight excluding hydrogens is 257 g/mol. The molecule has 0 atom stereocenters. The molecular formula is C8H13ClNO3PS. The second kappa shape index (κ2) is 5.97. The Balaban J connectivity index is 2.70. The van der Waals surface area contributed by atoms with Gasteiger partial charge in [-0.25, -0.2) is 4.98 Å². The highest BCUT2D eigenvalue weighted by Crippen LogP contribution is 2.52. The Morgan fingerprint density at radius 2 is 2.07 bits per heavy atom. The second-order valence-corrected chi connectivity index (χ2v) is 6.44. The highest BCUT2D eigenvalue weighted by molar-refractivity contribution is 7.53. The zero-order valence-electron chi connectivity index (χ0n) is 8.60. The first-order chi connectivity index (χ1) is 7.09. The molecule has 1 aromatic heterocycles. The average molecular weight is 270 g/mol. The molecule has 0 unspecified atom stereocenters. The molecule has 1 rings (SSSR count). The van der Waals surface area contributed by atoms with Crippen molar-refractivity contribution in [1.82, 2.24) is 4.98 Å². The maximum Gasteiger partial charge on any atom is 0.335 e. The summed E-state index contributed by atoms with van der Waals surface area (Å²) >= 11 is 6.97. The maximum absolute atomic E-state index is 12.1. The van der Waals surface area contributed by atoms with Crippen molar-refractivity contribution in [3.05, 3.63) is 15.5 Å². The molecule has 4 nitrogen and oxygen atoms in total. The van der Waals surface area contributed by atoms with Gasteiger partial charge in [0, 0.05) is 11.1 Å². The van der Waals surface area contributed by atoms with Gasteiger partial charge in [-0.1, -0.05) is 11.6 Å². The molecule has 0 saturated carbocycles. The van der Waals surface area contributed by atoms with Crippen molar-refractivity contribution in [3.8, 4) is 0 Å². The van der Waals surface area contributed by atoms with E-state index in [1.807, 2.05) is 0 Å². The van der Waals surface area contributed by atoms with Crippen LogP contribution in [0.25, 0.3) is 0 Å². The topological polar surface area (TPSA) is 48.4 Å². The number of halogens is 1. The van der Waals surface area contributed by atoms with Crippen LogP contribution in [0.2, 0.25) is 4.47 Å². The molecule has 15 heavy (non-hydrogen) atoms. The first-order valence-electron chi connectivity index (χ1n) is 4.58. The van der Waals surface area contributed by atoms with Gasteiger partial charge < -0.3 is 9.05 Å². The molecule has 0 aliphatic carbocycles. The zero-order chi connectivity index (χ0) is 11.3. The summed E-state index contributed by atoms with van der Waals surface area (Å²) in [5, 5.41) is 0. The van der Waals surface area contributed by atoms with Crippen molar-refractivity contribution in [1.29, 1.82) is 0 Å². The number of aromatic nitrogens is 1. The normalized spacial score (nSPS) is 11.9. The number of nitrogens with zero attached hydrogens (tertiary/aromatic N) is 1. The van der Waals surface area contributed by atoms with Gasteiger partial charge in [0.15, 0.2) is 4.47 Å². The fourth-order valence-corrected chi connectivity index (χ4v) is 4.08. The summed E-state index contributed by atoms with van der Waals surface area (Å²) in [7, 11) is -3.02. The Hall–Kier alpha value is 0.0700. The predicted octanol–water partition coefficient (Wildman–Crippen LogP) is 3.56. The van der Waals surface area contributed by atoms with E-state index in [-0.39, 0.29) is 6.16 Å². The van der Waals surface area contributed by atoms with Gasteiger partial charge in [-0.2, -0.15) is 0 Å². The number of hydrogen-bond acceptors (Lipinski definition) is 5. The minimum atomic E-state index is -3.02. The highest BCUT2D eigenvalue weighted by Gasteiger charge is 2.25. The van der Waals surface area contributed by atoms with Crippen molar-refractivity contribution in [2.45, 2.75) is 20.0 Å². The Kier molecular flexibility index (Phi) is 5.23. The number of hydrogen-bond donors (Lipinski definition) is 0. The van der Waals surface area contributed by atoms with Crippen molar-refractivity contribution >= 4 is 30.5 Å². The molecule has 1 aromatic rings. The quantitative estimate of drug-likeness (QED) is 0.741. The molecule has 0 aliphatic rings. The van der Waals surface area contributed by atoms with Gasteiger partial charge >= 0.3 is 7.60 Å². The van der Waals surface area contributed by atoms with Crippen LogP contribution < -0.4 is 0 Å². The van der Waals surface area contributed by atoms with Crippen LogP contribution in [0.5, 0.6) is 0 Å². The minimum absolute atomic E-state index is 0.235. The molecule has 0 N–H and O–H groups in total. The van der Waals surface area contributed by atoms with Gasteiger partial charge in [0.2, 0.25) is 0 Å². The van der Waals surface area contributed by atoms with Crippen LogP contribution in [-0.4, -0.2) is 18.2 Å². The van der Waals surface area contributed by atoms with E-state index in [4.69, 9.17) is 20.6 Å². The van der Waals surface area contributed by atoms with Crippen LogP contribution in [0.1, 0.15) is 18.7 Å². The number of thiazole rings is 1. The molecule has 0 amide bonds. The SMILES string of the molecule is CCOP(=O)(Cc1cnc(Cl)s1)OCC. The van der Waals surface area contributed by atoms with Gasteiger partial charge in [0.1, 0.15) is 0 Å². The van der Waals surface area contributed by atoms with Crippen LogP contribution in [0.15, 0.2) is 6.20 Å². The standard InChI is InChI=1S/C8H13ClNO3PS/c1-3-12-14(11,13-4-2)6-7-5-10-8(9)15-7/h5H,3-4,6H2,1-2H3. The summed E-state index contributed by atoms with van der Waals surface area (Å²) in [5.41, 5.74) is 0. The lowest BCUT2D eigenvalue weighted by Crippen LogP contribution is -1.97. The third-order valence-electron chi connectivity index (χ3n) is 1.53. The van der Waals surface area contributed by atoms with Crippen molar-refractivity contribution < 1.29 is 13.6 Å². The third-order valence-corrected chi connectivity index (χ3v) is 4.89. The Labute approximate surface area is 98.1 Å². The van der Waals surface area contributed by atoms with E-state index in [2.05, 4.69) is 4.98 Å². The van der Waals surface area contributed by atoms with Gasteiger partial charge in [-0.15, -0.1) is 11.3 Å². The smallest absolute Gasteiger partial charge is 0.309 e. The number of rotatable bonds is 6. The van der Waals surface area contributed by atoms with Crippen molar-refractivity contribution in [2.24, 2.45) is 0 Å². The van der Waals surface area contributed by atoms with E-state index in [0.717, 1.165) is 4.88 Å². The van der Waals surface area contributed by atoms with Crippen molar-refractivity contribution in [2.75, 3.05) is 13.2 Å². The molecule has 0 fully saturated rings. The maximum atomic E-state index is 12.1. The first-order valence-corrected chi connectivity index (χ1v) is 7.50. The van der Waals surface area contributed by atoms with E-state index in [1.165, 1.54) is 11.3 Å². The van der Waals surface area contributed by atoms with E-state index < -0.39 is 7.60 Å². The van der Waals surface area contributed by atoms with Crippen LogP contribution in [-0.2, 0) is 19.8 Å². The lowest BCUT2D eigenvalue weighted by Gasteiger charge is -2.15. The van der Waals surface area contributed by atoms with E-state index in [9.17, 15) is 4.57 Å². The lowest BCUT2D eigenvalue weighted by atomic mass is 10.6. The minimum Gasteiger partial charge on any atom is -0.309 e. The highest BCUT2D eigenvalue weighted by atomic mass is 35.5.